The summed E-state index contributed by atoms with van der Waals surface area (Å²) in [4.78, 5) is 17.6. The molecule has 0 radical (unpaired) electrons. The van der Waals surface area contributed by atoms with Crippen molar-refractivity contribution in [1.82, 2.24) is 4.98 Å². The number of fused-ring (bicyclic) bond motifs is 1. The lowest BCUT2D eigenvalue weighted by molar-refractivity contribution is 0.0601. The van der Waals surface area contributed by atoms with Crippen LogP contribution in [0.3, 0.4) is 0 Å². The zero-order valence-electron chi connectivity index (χ0n) is 16.1. The van der Waals surface area contributed by atoms with E-state index in [2.05, 4.69) is 28.2 Å². The van der Waals surface area contributed by atoms with Crippen molar-refractivity contribution in [2.24, 2.45) is 5.14 Å². The number of aromatic amines is 1. The minimum atomic E-state index is -3.90. The van der Waals surface area contributed by atoms with E-state index in [1.165, 1.54) is 30.2 Å². The van der Waals surface area contributed by atoms with Crippen molar-refractivity contribution >= 4 is 32.6 Å². The molecule has 29 heavy (non-hydrogen) atoms. The number of nitrogens with zero attached hydrogens (tertiary/aromatic N) is 1. The van der Waals surface area contributed by atoms with Gasteiger partial charge in [0.1, 0.15) is 0 Å². The van der Waals surface area contributed by atoms with Gasteiger partial charge in [-0.2, -0.15) is 0 Å². The predicted octanol–water partition coefficient (Wildman–Crippen LogP) is 2.99. The second-order valence-electron chi connectivity index (χ2n) is 7.27. The maximum Gasteiger partial charge on any atom is 0.340 e. The summed E-state index contributed by atoms with van der Waals surface area (Å²) in [6, 6.07) is 12.6. The van der Waals surface area contributed by atoms with Gasteiger partial charge in [0.25, 0.3) is 0 Å². The summed E-state index contributed by atoms with van der Waals surface area (Å²) in [6.07, 6.45) is 3.95. The minimum absolute atomic E-state index is 0.102. The number of ether oxygens (including phenoxy) is 1. The van der Waals surface area contributed by atoms with E-state index in [9.17, 15) is 13.2 Å². The van der Waals surface area contributed by atoms with Gasteiger partial charge in [-0.05, 0) is 48.6 Å². The Hall–Kier alpha value is -2.84. The maximum atomic E-state index is 12.3. The number of rotatable bonds is 4. The molecule has 8 heteroatoms. The van der Waals surface area contributed by atoms with E-state index in [-0.39, 0.29) is 10.5 Å². The maximum absolute atomic E-state index is 12.3. The van der Waals surface area contributed by atoms with Crippen LogP contribution in [0.1, 0.15) is 34.7 Å². The number of H-pyrrole nitrogens is 1. The standard InChI is InChI=1S/C21H23N3O4S/c1-28-21(25)17-12-15(29(22,26)27)6-7-20(17)24-10-8-14(9-11-24)18-13-23-19-5-3-2-4-16(18)19/h2-7,12-14,23H,8-11H2,1H3,(H2,22,26,27). The Balaban J connectivity index is 1.59. The first-order valence-electron chi connectivity index (χ1n) is 9.44. The fourth-order valence-electron chi connectivity index (χ4n) is 4.10. The molecule has 1 saturated heterocycles. The summed E-state index contributed by atoms with van der Waals surface area (Å²) in [5.74, 6) is -0.156. The monoisotopic (exact) mass is 413 g/mol. The van der Waals surface area contributed by atoms with Crippen LogP contribution in [-0.4, -0.2) is 39.6 Å². The molecule has 1 fully saturated rings. The number of benzene rings is 2. The van der Waals surface area contributed by atoms with Crippen LogP contribution in [0.5, 0.6) is 0 Å². The van der Waals surface area contributed by atoms with Crippen molar-refractivity contribution in [1.29, 1.82) is 0 Å². The van der Waals surface area contributed by atoms with Crippen molar-refractivity contribution in [3.05, 3.63) is 59.8 Å². The van der Waals surface area contributed by atoms with E-state index >= 15 is 0 Å². The fraction of sp³-hybridized carbons (Fsp3) is 0.286. The molecule has 0 bridgehead atoms. The highest BCUT2D eigenvalue weighted by Gasteiger charge is 2.26. The molecule has 0 aliphatic carbocycles. The first-order chi connectivity index (χ1) is 13.9. The quantitative estimate of drug-likeness (QED) is 0.640. The van der Waals surface area contributed by atoms with E-state index in [1.807, 2.05) is 12.1 Å². The summed E-state index contributed by atoms with van der Waals surface area (Å²) < 4.78 is 28.2. The highest BCUT2D eigenvalue weighted by atomic mass is 32.2. The molecule has 1 aromatic heterocycles. The molecule has 1 aliphatic heterocycles. The molecule has 7 nitrogen and oxygen atoms in total. The third-order valence-corrected chi connectivity index (χ3v) is 6.51. The third kappa shape index (κ3) is 3.73. The van der Waals surface area contributed by atoms with Gasteiger partial charge in [-0.25, -0.2) is 18.4 Å². The number of esters is 1. The highest BCUT2D eigenvalue weighted by Crippen LogP contribution is 2.35. The van der Waals surface area contributed by atoms with Crippen LogP contribution in [0.15, 0.2) is 53.6 Å². The van der Waals surface area contributed by atoms with E-state index < -0.39 is 16.0 Å². The lowest BCUT2D eigenvalue weighted by atomic mass is 9.89. The van der Waals surface area contributed by atoms with Crippen molar-refractivity contribution < 1.29 is 17.9 Å². The highest BCUT2D eigenvalue weighted by molar-refractivity contribution is 7.89. The molecule has 3 aromatic rings. The average molecular weight is 413 g/mol. The molecule has 0 spiro atoms. The smallest absolute Gasteiger partial charge is 0.340 e. The molecule has 0 unspecified atom stereocenters. The van der Waals surface area contributed by atoms with Crippen molar-refractivity contribution in [3.63, 3.8) is 0 Å². The Labute approximate surface area is 169 Å². The third-order valence-electron chi connectivity index (χ3n) is 5.60. The van der Waals surface area contributed by atoms with E-state index in [1.54, 1.807) is 6.07 Å². The lowest BCUT2D eigenvalue weighted by Crippen LogP contribution is -2.34. The van der Waals surface area contributed by atoms with Crippen molar-refractivity contribution in [2.75, 3.05) is 25.1 Å². The normalized spacial score (nSPS) is 15.6. The van der Waals surface area contributed by atoms with Gasteiger partial charge in [-0.1, -0.05) is 18.2 Å². The number of anilines is 1. The number of carbonyl (C=O) groups excluding carboxylic acids is 1. The Morgan fingerprint density at radius 2 is 1.90 bits per heavy atom. The van der Waals surface area contributed by atoms with Gasteiger partial charge in [0.15, 0.2) is 0 Å². The van der Waals surface area contributed by atoms with Crippen LogP contribution in [0.2, 0.25) is 0 Å². The van der Waals surface area contributed by atoms with Crippen LogP contribution in [-0.2, 0) is 14.8 Å². The fourth-order valence-corrected chi connectivity index (χ4v) is 4.64. The topological polar surface area (TPSA) is 105 Å². The number of piperidine rings is 1. The predicted molar refractivity (Wildman–Crippen MR) is 112 cm³/mol. The van der Waals surface area contributed by atoms with Gasteiger partial charge in [0.05, 0.1) is 23.3 Å². The zero-order valence-corrected chi connectivity index (χ0v) is 16.9. The second-order valence-corrected chi connectivity index (χ2v) is 8.83. The number of carbonyl (C=O) groups is 1. The van der Waals surface area contributed by atoms with Gasteiger partial charge in [-0.15, -0.1) is 0 Å². The number of nitrogens with one attached hydrogen (secondary N) is 1. The second kappa shape index (κ2) is 7.53. The SMILES string of the molecule is COC(=O)c1cc(S(N)(=O)=O)ccc1N1CCC(c2c[nH]c3ccccc23)CC1. The van der Waals surface area contributed by atoms with Crippen LogP contribution in [0.4, 0.5) is 5.69 Å². The molecular formula is C21H23N3O4S. The molecular weight excluding hydrogens is 390 g/mol. The molecule has 0 saturated carbocycles. The van der Waals surface area contributed by atoms with Gasteiger partial charge >= 0.3 is 5.97 Å². The number of aromatic nitrogens is 1. The van der Waals surface area contributed by atoms with Crippen LogP contribution < -0.4 is 10.0 Å². The van der Waals surface area contributed by atoms with Gasteiger partial charge < -0.3 is 14.6 Å². The largest absolute Gasteiger partial charge is 0.465 e. The number of methoxy groups -OCH3 is 1. The first-order valence-corrected chi connectivity index (χ1v) is 11.0. The Morgan fingerprint density at radius 1 is 1.17 bits per heavy atom. The molecule has 2 aromatic carbocycles. The van der Waals surface area contributed by atoms with E-state index in [4.69, 9.17) is 9.88 Å². The number of hydrogen-bond donors (Lipinski definition) is 2. The van der Waals surface area contributed by atoms with Crippen LogP contribution >= 0.6 is 0 Å². The lowest BCUT2D eigenvalue weighted by Gasteiger charge is -2.34. The Morgan fingerprint density at radius 3 is 2.59 bits per heavy atom. The zero-order chi connectivity index (χ0) is 20.6. The van der Waals surface area contributed by atoms with Crippen molar-refractivity contribution in [2.45, 2.75) is 23.7 Å². The number of hydrogen-bond acceptors (Lipinski definition) is 5. The van der Waals surface area contributed by atoms with E-state index in [0.29, 0.717) is 11.6 Å². The molecule has 0 atom stereocenters. The molecule has 3 N–H and O–H groups in total. The van der Waals surface area contributed by atoms with Crippen LogP contribution in [0.25, 0.3) is 10.9 Å². The average Bonchev–Trinajstić information content (AvgIpc) is 3.16. The summed E-state index contributed by atoms with van der Waals surface area (Å²) in [6.45, 7) is 1.51. The number of sulfonamides is 1. The van der Waals surface area contributed by atoms with Crippen LogP contribution in [0, 0.1) is 0 Å². The summed E-state index contributed by atoms with van der Waals surface area (Å²) in [5.41, 5.74) is 3.33. The molecule has 2 heterocycles. The van der Waals surface area contributed by atoms with Crippen molar-refractivity contribution in [3.8, 4) is 0 Å². The number of primary sulfonamides is 1. The Kier molecular flexibility index (Phi) is 5.06. The number of nitrogens with two attached hydrogens (primary N) is 1. The number of para-hydroxylation sites is 1. The summed E-state index contributed by atoms with van der Waals surface area (Å²) in [5, 5.41) is 6.47. The summed E-state index contributed by atoms with van der Waals surface area (Å²) in [7, 11) is -2.63. The van der Waals surface area contributed by atoms with Gasteiger partial charge in [-0.3, -0.25) is 0 Å². The first kappa shape index (κ1) is 19.5. The van der Waals surface area contributed by atoms with Gasteiger partial charge in [0, 0.05) is 30.2 Å². The molecule has 152 valence electrons. The Bertz CT molecular complexity index is 1160. The minimum Gasteiger partial charge on any atom is -0.465 e. The molecule has 0 amide bonds. The van der Waals surface area contributed by atoms with Gasteiger partial charge in [0.2, 0.25) is 10.0 Å². The molecule has 4 rings (SSSR count). The summed E-state index contributed by atoms with van der Waals surface area (Å²) >= 11 is 0. The molecule has 1 aliphatic rings. The van der Waals surface area contributed by atoms with E-state index in [0.717, 1.165) is 31.4 Å².